The van der Waals surface area contributed by atoms with E-state index in [-0.39, 0.29) is 41.7 Å². The summed E-state index contributed by atoms with van der Waals surface area (Å²) in [6.07, 6.45) is 0.687. The van der Waals surface area contributed by atoms with Crippen LogP contribution in [0.1, 0.15) is 48.1 Å². The van der Waals surface area contributed by atoms with E-state index in [0.29, 0.717) is 16.8 Å². The number of nitrogens with zero attached hydrogens (tertiary/aromatic N) is 3. The van der Waals surface area contributed by atoms with Crippen LogP contribution in [0.2, 0.25) is 5.15 Å². The van der Waals surface area contributed by atoms with Crippen LogP contribution in [-0.4, -0.2) is 43.7 Å². The van der Waals surface area contributed by atoms with E-state index >= 15 is 0 Å². The van der Waals surface area contributed by atoms with Crippen LogP contribution in [0.15, 0.2) is 29.2 Å². The molecule has 0 saturated carbocycles. The Labute approximate surface area is 205 Å². The maximum Gasteiger partial charge on any atom is 0.407 e. The minimum Gasteiger partial charge on any atom is -0.476 e. The van der Waals surface area contributed by atoms with Gasteiger partial charge in [0.1, 0.15) is 22.2 Å². The molecule has 0 aliphatic heterocycles. The van der Waals surface area contributed by atoms with Gasteiger partial charge in [0.05, 0.1) is 11.4 Å². The lowest BCUT2D eigenvalue weighted by molar-refractivity contribution is 0.0527. The third-order valence-electron chi connectivity index (χ3n) is 4.86. The molecular formula is C23H25ClFN5O5. The number of alkyl carbamates (subject to hydrolysis) is 1. The first-order valence-corrected chi connectivity index (χ1v) is 11.0. The van der Waals surface area contributed by atoms with E-state index in [1.165, 1.54) is 18.2 Å². The van der Waals surface area contributed by atoms with E-state index in [1.807, 2.05) is 0 Å². The third-order valence-corrected chi connectivity index (χ3v) is 5.07. The van der Waals surface area contributed by atoms with E-state index in [2.05, 4.69) is 20.6 Å². The Bertz CT molecular complexity index is 1350. The lowest BCUT2D eigenvalue weighted by Crippen LogP contribution is -2.34. The zero-order chi connectivity index (χ0) is 25.9. The van der Waals surface area contributed by atoms with Gasteiger partial charge in [-0.15, -0.1) is 0 Å². The van der Waals surface area contributed by atoms with E-state index in [4.69, 9.17) is 16.3 Å². The average molecular weight is 506 g/mol. The molecule has 186 valence electrons. The van der Waals surface area contributed by atoms with Crippen LogP contribution < -0.4 is 16.2 Å². The quantitative estimate of drug-likeness (QED) is 0.415. The molecule has 3 N–H and O–H groups in total. The third kappa shape index (κ3) is 6.44. The fraction of sp³-hybridized carbons (Fsp3) is 0.348. The molecule has 1 amide bonds. The molecule has 0 bridgehead atoms. The van der Waals surface area contributed by atoms with E-state index in [1.54, 1.807) is 27.7 Å². The van der Waals surface area contributed by atoms with Crippen molar-refractivity contribution in [2.75, 3.05) is 11.9 Å². The Morgan fingerprint density at radius 1 is 1.26 bits per heavy atom. The Balaban J connectivity index is 1.89. The second-order valence-electron chi connectivity index (χ2n) is 8.73. The van der Waals surface area contributed by atoms with Crippen LogP contribution in [0.5, 0.6) is 0 Å². The molecule has 3 rings (SSSR count). The van der Waals surface area contributed by atoms with Crippen molar-refractivity contribution < 1.29 is 23.8 Å². The Morgan fingerprint density at radius 3 is 2.63 bits per heavy atom. The molecule has 0 spiro atoms. The van der Waals surface area contributed by atoms with Crippen LogP contribution in [0.3, 0.4) is 0 Å². The minimum absolute atomic E-state index is 0.0116. The summed E-state index contributed by atoms with van der Waals surface area (Å²) in [6.45, 7) is 6.94. The number of pyridine rings is 2. The molecule has 0 aromatic carbocycles. The normalized spacial score (nSPS) is 11.4. The summed E-state index contributed by atoms with van der Waals surface area (Å²) in [5, 5.41) is 14.9. The van der Waals surface area contributed by atoms with Gasteiger partial charge in [0.15, 0.2) is 5.69 Å². The minimum atomic E-state index is -1.29. The standard InChI is InChI=1S/C23H25ClFN5O5/c1-12-15(7-8-26-22(34)35-23(2,3)4)28-19-13(9-14(25)11-30(19)20(12)31)10-27-16-5-6-17(24)29-18(16)21(32)33/h5-6,9,11,27H,7-8,10H2,1-4H3,(H,26,34)(H,32,33). The van der Waals surface area contributed by atoms with Gasteiger partial charge in [-0.25, -0.2) is 23.9 Å². The van der Waals surface area contributed by atoms with Gasteiger partial charge in [-0.05, 0) is 45.9 Å². The highest BCUT2D eigenvalue weighted by atomic mass is 35.5. The van der Waals surface area contributed by atoms with Crippen molar-refractivity contribution in [3.63, 3.8) is 0 Å². The number of rotatable bonds is 7. The monoisotopic (exact) mass is 505 g/mol. The van der Waals surface area contributed by atoms with Crippen molar-refractivity contribution >= 4 is 35.0 Å². The van der Waals surface area contributed by atoms with E-state index < -0.39 is 29.0 Å². The second-order valence-corrected chi connectivity index (χ2v) is 9.12. The first kappa shape index (κ1) is 25.9. The summed E-state index contributed by atoms with van der Waals surface area (Å²) >= 11 is 5.79. The fourth-order valence-electron chi connectivity index (χ4n) is 3.31. The number of carbonyl (C=O) groups is 2. The summed E-state index contributed by atoms with van der Waals surface area (Å²) in [5.74, 6) is -1.95. The molecule has 3 heterocycles. The number of aromatic nitrogens is 3. The van der Waals surface area contributed by atoms with Crippen molar-refractivity contribution in [2.45, 2.75) is 46.3 Å². The SMILES string of the molecule is Cc1c(CCNC(=O)OC(C)(C)C)nc2c(CNc3ccc(Cl)nc3C(=O)O)cc(F)cn2c1=O. The summed E-state index contributed by atoms with van der Waals surface area (Å²) in [5.41, 5.74) is 0.0178. The number of nitrogens with one attached hydrogen (secondary N) is 2. The number of aromatic carboxylic acids is 1. The maximum atomic E-state index is 14.3. The van der Waals surface area contributed by atoms with Crippen molar-refractivity contribution in [1.82, 2.24) is 19.7 Å². The van der Waals surface area contributed by atoms with E-state index in [0.717, 1.165) is 10.6 Å². The summed E-state index contributed by atoms with van der Waals surface area (Å²) in [6, 6.07) is 4.07. The smallest absolute Gasteiger partial charge is 0.407 e. The number of carbonyl (C=O) groups excluding carboxylic acids is 1. The molecule has 35 heavy (non-hydrogen) atoms. The first-order valence-electron chi connectivity index (χ1n) is 10.7. The predicted octanol–water partition coefficient (Wildman–Crippen LogP) is 3.57. The molecule has 0 fully saturated rings. The summed E-state index contributed by atoms with van der Waals surface area (Å²) in [7, 11) is 0. The highest BCUT2D eigenvalue weighted by Crippen LogP contribution is 2.20. The molecule has 10 nitrogen and oxygen atoms in total. The molecule has 0 saturated heterocycles. The molecule has 0 aliphatic carbocycles. The zero-order valence-electron chi connectivity index (χ0n) is 19.6. The average Bonchev–Trinajstić information content (AvgIpc) is 2.75. The highest BCUT2D eigenvalue weighted by Gasteiger charge is 2.18. The zero-order valence-corrected chi connectivity index (χ0v) is 20.4. The lowest BCUT2D eigenvalue weighted by Gasteiger charge is -2.19. The number of halogens is 2. The van der Waals surface area contributed by atoms with Crippen molar-refractivity contribution in [3.05, 3.63) is 68.2 Å². The van der Waals surface area contributed by atoms with Gasteiger partial charge in [-0.3, -0.25) is 9.20 Å². The highest BCUT2D eigenvalue weighted by molar-refractivity contribution is 6.29. The van der Waals surface area contributed by atoms with Crippen LogP contribution in [0.4, 0.5) is 14.9 Å². The molecular weight excluding hydrogens is 481 g/mol. The number of amides is 1. The molecule has 3 aromatic heterocycles. The number of carboxylic acids is 1. The van der Waals surface area contributed by atoms with Gasteiger partial charge in [0.2, 0.25) is 0 Å². The van der Waals surface area contributed by atoms with Gasteiger partial charge < -0.3 is 20.5 Å². The summed E-state index contributed by atoms with van der Waals surface area (Å²) in [4.78, 5) is 44.6. The van der Waals surface area contributed by atoms with Crippen molar-refractivity contribution in [2.24, 2.45) is 0 Å². The maximum absolute atomic E-state index is 14.3. The first-order chi connectivity index (χ1) is 16.4. The van der Waals surface area contributed by atoms with Crippen molar-refractivity contribution in [1.29, 1.82) is 0 Å². The number of ether oxygens (including phenoxy) is 1. The molecule has 0 atom stereocenters. The molecule has 0 unspecified atom stereocenters. The number of hydrogen-bond acceptors (Lipinski definition) is 7. The van der Waals surface area contributed by atoms with Gasteiger partial charge in [0.25, 0.3) is 5.56 Å². The molecule has 12 heteroatoms. The Morgan fingerprint density at radius 2 is 1.97 bits per heavy atom. The Hall–Kier alpha value is -3.73. The molecule has 3 aromatic rings. The van der Waals surface area contributed by atoms with Crippen LogP contribution in [0.25, 0.3) is 5.65 Å². The Kier molecular flexibility index (Phi) is 7.59. The number of fused-ring (bicyclic) bond motifs is 1. The predicted molar refractivity (Wildman–Crippen MR) is 128 cm³/mol. The van der Waals surface area contributed by atoms with Crippen molar-refractivity contribution in [3.8, 4) is 0 Å². The van der Waals surface area contributed by atoms with Crippen LogP contribution in [0, 0.1) is 12.7 Å². The van der Waals surface area contributed by atoms with Gasteiger partial charge in [-0.1, -0.05) is 11.6 Å². The van der Waals surface area contributed by atoms with Gasteiger partial charge >= 0.3 is 12.1 Å². The number of anilines is 1. The fourth-order valence-corrected chi connectivity index (χ4v) is 3.45. The topological polar surface area (TPSA) is 135 Å². The second kappa shape index (κ2) is 10.3. The number of carboxylic acid groups (broad SMARTS) is 1. The molecule has 0 radical (unpaired) electrons. The molecule has 0 aliphatic rings. The van der Waals surface area contributed by atoms with Gasteiger partial charge in [0, 0.05) is 36.8 Å². The summed E-state index contributed by atoms with van der Waals surface area (Å²) < 4.78 is 20.6. The van der Waals surface area contributed by atoms with Crippen LogP contribution in [-0.2, 0) is 17.7 Å². The van der Waals surface area contributed by atoms with E-state index in [9.17, 15) is 23.9 Å². The van der Waals surface area contributed by atoms with Crippen LogP contribution >= 0.6 is 11.6 Å². The lowest BCUT2D eigenvalue weighted by atomic mass is 10.1. The number of hydrogen-bond donors (Lipinski definition) is 3. The largest absolute Gasteiger partial charge is 0.476 e. The van der Waals surface area contributed by atoms with Gasteiger partial charge in [-0.2, -0.15) is 0 Å².